The third-order valence-electron chi connectivity index (χ3n) is 7.11. The number of hydrogen-bond donors (Lipinski definition) is 1. The molecule has 2 aromatic heterocycles. The molecule has 1 unspecified atom stereocenters. The molecule has 0 bridgehead atoms. The second-order valence-electron chi connectivity index (χ2n) is 9.66. The number of sulfone groups is 1. The summed E-state index contributed by atoms with van der Waals surface area (Å²) in [6.07, 6.45) is 8.70. The first-order chi connectivity index (χ1) is 16.4. The number of hydrogen-bond acceptors (Lipinski definition) is 8. The van der Waals surface area contributed by atoms with Gasteiger partial charge in [0, 0.05) is 24.2 Å². The van der Waals surface area contributed by atoms with Crippen LogP contribution in [-0.4, -0.2) is 54.1 Å². The Morgan fingerprint density at radius 2 is 1.91 bits per heavy atom. The molecule has 0 aromatic carbocycles. The molecule has 2 aromatic rings. The highest BCUT2D eigenvalue weighted by atomic mass is 32.2. The van der Waals surface area contributed by atoms with Crippen LogP contribution in [0.4, 0.5) is 5.13 Å². The summed E-state index contributed by atoms with van der Waals surface area (Å²) in [6.45, 7) is 1.76. The van der Waals surface area contributed by atoms with Gasteiger partial charge in [-0.2, -0.15) is 0 Å². The van der Waals surface area contributed by atoms with Crippen molar-refractivity contribution in [3.8, 4) is 0 Å². The van der Waals surface area contributed by atoms with E-state index < -0.39 is 15.9 Å². The van der Waals surface area contributed by atoms with Crippen LogP contribution in [0.15, 0.2) is 23.2 Å². The van der Waals surface area contributed by atoms with Gasteiger partial charge in [-0.05, 0) is 51.3 Å². The van der Waals surface area contributed by atoms with Gasteiger partial charge in [-0.25, -0.2) is 13.4 Å². The minimum atomic E-state index is -3.39. The summed E-state index contributed by atoms with van der Waals surface area (Å²) in [4.78, 5) is 26.0. The molecule has 0 spiro atoms. The van der Waals surface area contributed by atoms with E-state index in [1.807, 2.05) is 0 Å². The molecule has 10 heteroatoms. The Bertz CT molecular complexity index is 1120. The SMILES string of the molecule is CN1CCc2sc(NC(=O)C(OC3CCCC3)c3ccc(S(=O)(=O)C4CCCC4)cn3)nc2C1. The predicted octanol–water partition coefficient (Wildman–Crippen LogP) is 3.88. The average Bonchev–Trinajstić information content (AvgIpc) is 3.59. The number of amides is 1. The first-order valence-corrected chi connectivity index (χ1v) is 14.6. The molecule has 0 radical (unpaired) electrons. The van der Waals surface area contributed by atoms with Crippen molar-refractivity contribution in [1.82, 2.24) is 14.9 Å². The molecule has 34 heavy (non-hydrogen) atoms. The van der Waals surface area contributed by atoms with Crippen LogP contribution in [0.2, 0.25) is 0 Å². The highest BCUT2D eigenvalue weighted by Gasteiger charge is 2.33. The van der Waals surface area contributed by atoms with E-state index in [0.29, 0.717) is 23.7 Å². The second kappa shape index (κ2) is 10.0. The second-order valence-corrected chi connectivity index (χ2v) is 13.0. The van der Waals surface area contributed by atoms with Crippen LogP contribution in [-0.2, 0) is 32.3 Å². The molecule has 2 aliphatic carbocycles. The number of nitrogens with one attached hydrogen (secondary N) is 1. The Kier molecular flexibility index (Phi) is 7.02. The molecule has 5 rings (SSSR count). The Balaban J connectivity index is 1.35. The smallest absolute Gasteiger partial charge is 0.261 e. The van der Waals surface area contributed by atoms with Gasteiger partial charge < -0.3 is 9.64 Å². The summed E-state index contributed by atoms with van der Waals surface area (Å²) >= 11 is 1.52. The van der Waals surface area contributed by atoms with Gasteiger partial charge in [0.25, 0.3) is 5.91 Å². The van der Waals surface area contributed by atoms with Gasteiger partial charge >= 0.3 is 0 Å². The fraction of sp³-hybridized carbons (Fsp3) is 0.625. The molecule has 184 valence electrons. The number of fused-ring (bicyclic) bond motifs is 1. The van der Waals surface area contributed by atoms with Crippen molar-refractivity contribution in [2.45, 2.75) is 86.7 Å². The Labute approximate surface area is 205 Å². The van der Waals surface area contributed by atoms with E-state index in [-0.39, 0.29) is 22.2 Å². The number of anilines is 1. The predicted molar refractivity (Wildman–Crippen MR) is 131 cm³/mol. The maximum Gasteiger partial charge on any atom is 0.261 e. The molecule has 2 saturated carbocycles. The maximum absolute atomic E-state index is 13.3. The van der Waals surface area contributed by atoms with Gasteiger partial charge in [0.1, 0.15) is 0 Å². The summed E-state index contributed by atoms with van der Waals surface area (Å²) in [6, 6.07) is 3.20. The van der Waals surface area contributed by atoms with Gasteiger partial charge in [0.05, 0.1) is 27.6 Å². The van der Waals surface area contributed by atoms with Crippen LogP contribution in [0, 0.1) is 0 Å². The van der Waals surface area contributed by atoms with E-state index in [1.54, 1.807) is 12.1 Å². The van der Waals surface area contributed by atoms with Crippen molar-refractivity contribution in [2.24, 2.45) is 0 Å². The third-order valence-corrected chi connectivity index (χ3v) is 10.4. The highest BCUT2D eigenvalue weighted by molar-refractivity contribution is 7.92. The molecule has 1 atom stereocenters. The van der Waals surface area contributed by atoms with E-state index in [0.717, 1.165) is 63.7 Å². The van der Waals surface area contributed by atoms with Crippen molar-refractivity contribution >= 4 is 32.2 Å². The number of carbonyl (C=O) groups excluding carboxylic acids is 1. The fourth-order valence-corrected chi connectivity index (χ4v) is 7.90. The van der Waals surface area contributed by atoms with Crippen molar-refractivity contribution in [1.29, 1.82) is 0 Å². The molecule has 1 amide bonds. The molecule has 0 saturated heterocycles. The molecule has 8 nitrogen and oxygen atoms in total. The van der Waals surface area contributed by atoms with Crippen LogP contribution >= 0.6 is 11.3 Å². The molecule has 3 aliphatic rings. The van der Waals surface area contributed by atoms with Crippen molar-refractivity contribution < 1.29 is 17.9 Å². The van der Waals surface area contributed by atoms with Gasteiger partial charge in [0.15, 0.2) is 21.1 Å². The Morgan fingerprint density at radius 3 is 2.62 bits per heavy atom. The molecule has 2 fully saturated rings. The molecular weight excluding hydrogens is 472 g/mol. The molecule has 1 aliphatic heterocycles. The van der Waals surface area contributed by atoms with E-state index in [1.165, 1.54) is 22.4 Å². The van der Waals surface area contributed by atoms with E-state index in [2.05, 4.69) is 27.2 Å². The lowest BCUT2D eigenvalue weighted by Crippen LogP contribution is -2.28. The average molecular weight is 505 g/mol. The first kappa shape index (κ1) is 23.8. The zero-order chi connectivity index (χ0) is 23.7. The van der Waals surface area contributed by atoms with E-state index in [4.69, 9.17) is 4.74 Å². The summed E-state index contributed by atoms with van der Waals surface area (Å²) < 4.78 is 32.1. The summed E-state index contributed by atoms with van der Waals surface area (Å²) in [7, 11) is -1.33. The van der Waals surface area contributed by atoms with Crippen molar-refractivity contribution in [3.63, 3.8) is 0 Å². The van der Waals surface area contributed by atoms with E-state index >= 15 is 0 Å². The zero-order valence-electron chi connectivity index (χ0n) is 19.5. The number of carbonyl (C=O) groups is 1. The minimum absolute atomic E-state index is 0.00222. The van der Waals surface area contributed by atoms with Gasteiger partial charge in [-0.3, -0.25) is 15.1 Å². The van der Waals surface area contributed by atoms with Crippen LogP contribution in [0.3, 0.4) is 0 Å². The van der Waals surface area contributed by atoms with Crippen molar-refractivity contribution in [3.05, 3.63) is 34.6 Å². The normalized spacial score (nSPS) is 21.0. The van der Waals surface area contributed by atoms with Crippen LogP contribution in [0.1, 0.15) is 73.7 Å². The van der Waals surface area contributed by atoms with Crippen LogP contribution < -0.4 is 5.32 Å². The lowest BCUT2D eigenvalue weighted by molar-refractivity contribution is -0.132. The highest BCUT2D eigenvalue weighted by Crippen LogP contribution is 2.33. The summed E-state index contributed by atoms with van der Waals surface area (Å²) in [5, 5.41) is 3.19. The number of aromatic nitrogens is 2. The summed E-state index contributed by atoms with van der Waals surface area (Å²) in [5.74, 6) is -0.315. The number of pyridine rings is 1. The quantitative estimate of drug-likeness (QED) is 0.610. The molecular formula is C24H32N4O4S2. The third kappa shape index (κ3) is 5.05. The number of likely N-dealkylation sites (N-methyl/N-ethyl adjacent to an activating group) is 1. The van der Waals surface area contributed by atoms with Gasteiger partial charge in [-0.1, -0.05) is 25.7 Å². The van der Waals surface area contributed by atoms with Crippen LogP contribution in [0.5, 0.6) is 0 Å². The lowest BCUT2D eigenvalue weighted by Gasteiger charge is -2.21. The minimum Gasteiger partial charge on any atom is -0.359 e. The number of rotatable bonds is 7. The van der Waals surface area contributed by atoms with Crippen molar-refractivity contribution in [2.75, 3.05) is 18.9 Å². The summed E-state index contributed by atoms with van der Waals surface area (Å²) in [5.41, 5.74) is 1.44. The largest absolute Gasteiger partial charge is 0.359 e. The Morgan fingerprint density at radius 1 is 1.18 bits per heavy atom. The standard InChI is InChI=1S/C24H32N4O4S2/c1-28-13-12-21-20(15-28)26-24(33-21)27-23(29)22(32-16-6-2-3-7-16)19-11-10-18(14-25-19)34(30,31)17-8-4-5-9-17/h10-11,14,16-17,22H,2-9,12-13,15H2,1H3,(H,26,27,29). The molecule has 1 N–H and O–H groups in total. The molecule has 3 heterocycles. The Hall–Kier alpha value is -1.88. The number of ether oxygens (including phenoxy) is 1. The first-order valence-electron chi connectivity index (χ1n) is 12.2. The van der Waals surface area contributed by atoms with Crippen LogP contribution in [0.25, 0.3) is 0 Å². The number of nitrogens with zero attached hydrogens (tertiary/aromatic N) is 3. The topological polar surface area (TPSA) is 101 Å². The zero-order valence-corrected chi connectivity index (χ0v) is 21.2. The monoisotopic (exact) mass is 504 g/mol. The maximum atomic E-state index is 13.3. The number of thiazole rings is 1. The lowest BCUT2D eigenvalue weighted by atomic mass is 10.2. The fourth-order valence-electron chi connectivity index (χ4n) is 5.14. The van der Waals surface area contributed by atoms with Gasteiger partial charge in [0.2, 0.25) is 0 Å². The van der Waals surface area contributed by atoms with E-state index in [9.17, 15) is 13.2 Å². The van der Waals surface area contributed by atoms with Gasteiger partial charge in [-0.15, -0.1) is 11.3 Å².